The Bertz CT molecular complexity index is 312. The molecule has 1 aliphatic rings. The molecule has 0 N–H and O–H groups in total. The van der Waals surface area contributed by atoms with Gasteiger partial charge in [-0.15, -0.1) is 0 Å². The predicted octanol–water partition coefficient (Wildman–Crippen LogP) is 2.37. The molecule has 1 heterocycles. The van der Waals surface area contributed by atoms with Crippen molar-refractivity contribution in [2.75, 3.05) is 33.9 Å². The van der Waals surface area contributed by atoms with Crippen LogP contribution >= 0.6 is 0 Å². The van der Waals surface area contributed by atoms with Crippen molar-refractivity contribution in [2.24, 2.45) is 5.92 Å². The molecule has 0 bridgehead atoms. The van der Waals surface area contributed by atoms with E-state index in [9.17, 15) is 0 Å². The number of piperidine rings is 1. The Morgan fingerprint density at radius 3 is 2.75 bits per heavy atom. The molecule has 2 atom stereocenters. The lowest BCUT2D eigenvalue weighted by molar-refractivity contribution is 0.0867. The number of benzene rings is 1. The molecule has 2 nitrogen and oxygen atoms in total. The standard InChI is InChI=1S/C14H21NO/c1-15-9-8-14(13(10-15)11-16-2)12-6-4-3-5-7-12/h3-7,13-14H,8-11H2,1-2H3/t13-,14-/m0/s1. The summed E-state index contributed by atoms with van der Waals surface area (Å²) in [7, 11) is 4.00. The highest BCUT2D eigenvalue weighted by atomic mass is 16.5. The molecule has 0 saturated carbocycles. The first kappa shape index (κ1) is 11.6. The summed E-state index contributed by atoms with van der Waals surface area (Å²) < 4.78 is 5.35. The largest absolute Gasteiger partial charge is 0.384 e. The van der Waals surface area contributed by atoms with Crippen molar-refractivity contribution >= 4 is 0 Å². The second kappa shape index (κ2) is 5.46. The van der Waals surface area contributed by atoms with Crippen molar-refractivity contribution in [2.45, 2.75) is 12.3 Å². The van der Waals surface area contributed by atoms with E-state index in [1.54, 1.807) is 7.11 Å². The summed E-state index contributed by atoms with van der Waals surface area (Å²) in [6, 6.07) is 10.9. The minimum Gasteiger partial charge on any atom is -0.384 e. The first-order valence-electron chi connectivity index (χ1n) is 6.03. The van der Waals surface area contributed by atoms with E-state index in [4.69, 9.17) is 4.74 Å². The molecule has 0 aliphatic carbocycles. The molecule has 1 fully saturated rings. The smallest absolute Gasteiger partial charge is 0.0508 e. The van der Waals surface area contributed by atoms with Crippen molar-refractivity contribution in [3.63, 3.8) is 0 Å². The zero-order chi connectivity index (χ0) is 11.4. The summed E-state index contributed by atoms with van der Waals surface area (Å²) in [6.45, 7) is 3.21. The molecule has 1 aromatic rings. The number of ether oxygens (including phenoxy) is 1. The number of nitrogens with zero attached hydrogens (tertiary/aromatic N) is 1. The van der Waals surface area contributed by atoms with Crippen LogP contribution in [0.15, 0.2) is 30.3 Å². The Morgan fingerprint density at radius 2 is 2.06 bits per heavy atom. The molecular formula is C14H21NO. The third-order valence-corrected chi connectivity index (χ3v) is 3.55. The maximum Gasteiger partial charge on any atom is 0.0508 e. The van der Waals surface area contributed by atoms with E-state index in [0.29, 0.717) is 11.8 Å². The van der Waals surface area contributed by atoms with Crippen molar-refractivity contribution in [3.05, 3.63) is 35.9 Å². The number of likely N-dealkylation sites (tertiary alicyclic amines) is 1. The van der Waals surface area contributed by atoms with Gasteiger partial charge in [-0.2, -0.15) is 0 Å². The second-order valence-electron chi connectivity index (χ2n) is 4.78. The average molecular weight is 219 g/mol. The molecule has 1 aromatic carbocycles. The lowest BCUT2D eigenvalue weighted by atomic mass is 9.81. The van der Waals surface area contributed by atoms with E-state index >= 15 is 0 Å². The van der Waals surface area contributed by atoms with Crippen molar-refractivity contribution < 1.29 is 4.74 Å². The quantitative estimate of drug-likeness (QED) is 0.774. The normalized spacial score (nSPS) is 26.9. The van der Waals surface area contributed by atoms with E-state index in [-0.39, 0.29) is 0 Å². The van der Waals surface area contributed by atoms with E-state index in [2.05, 4.69) is 42.3 Å². The van der Waals surface area contributed by atoms with Crippen molar-refractivity contribution in [3.8, 4) is 0 Å². The zero-order valence-corrected chi connectivity index (χ0v) is 10.2. The summed E-state index contributed by atoms with van der Waals surface area (Å²) in [6.07, 6.45) is 1.24. The Hall–Kier alpha value is -0.860. The van der Waals surface area contributed by atoms with Gasteiger partial charge in [0.25, 0.3) is 0 Å². The lowest BCUT2D eigenvalue weighted by Crippen LogP contribution is -2.39. The second-order valence-corrected chi connectivity index (χ2v) is 4.78. The van der Waals surface area contributed by atoms with Gasteiger partial charge in [0.05, 0.1) is 6.61 Å². The van der Waals surface area contributed by atoms with Gasteiger partial charge in [-0.05, 0) is 31.5 Å². The highest BCUT2D eigenvalue weighted by Gasteiger charge is 2.28. The molecule has 2 heteroatoms. The summed E-state index contributed by atoms with van der Waals surface area (Å²) in [5.74, 6) is 1.29. The van der Waals surface area contributed by atoms with Crippen molar-refractivity contribution in [1.29, 1.82) is 0 Å². The molecular weight excluding hydrogens is 198 g/mol. The average Bonchev–Trinajstić information content (AvgIpc) is 2.31. The van der Waals surface area contributed by atoms with Crippen LogP contribution in [0.5, 0.6) is 0 Å². The molecule has 0 radical (unpaired) electrons. The maximum absolute atomic E-state index is 5.35. The van der Waals surface area contributed by atoms with Crippen LogP contribution < -0.4 is 0 Å². The SMILES string of the molecule is COC[C@@H]1CN(C)CC[C@H]1c1ccccc1. The first-order valence-corrected chi connectivity index (χ1v) is 6.03. The fraction of sp³-hybridized carbons (Fsp3) is 0.571. The molecule has 2 rings (SSSR count). The molecule has 1 aliphatic heterocycles. The summed E-state index contributed by atoms with van der Waals surface area (Å²) in [5, 5.41) is 0. The Balaban J connectivity index is 2.12. The molecule has 0 unspecified atom stereocenters. The van der Waals surface area contributed by atoms with Gasteiger partial charge in [0.2, 0.25) is 0 Å². The first-order chi connectivity index (χ1) is 7.81. The third-order valence-electron chi connectivity index (χ3n) is 3.55. The van der Waals surface area contributed by atoms with Gasteiger partial charge in [-0.3, -0.25) is 0 Å². The number of hydrogen-bond donors (Lipinski definition) is 0. The van der Waals surface area contributed by atoms with Crippen LogP contribution in [-0.2, 0) is 4.74 Å². The molecule has 0 aromatic heterocycles. The van der Waals surface area contributed by atoms with Gasteiger partial charge in [0.15, 0.2) is 0 Å². The van der Waals surface area contributed by atoms with Crippen LogP contribution in [0.2, 0.25) is 0 Å². The number of methoxy groups -OCH3 is 1. The fourth-order valence-electron chi connectivity index (χ4n) is 2.74. The third kappa shape index (κ3) is 2.63. The molecule has 16 heavy (non-hydrogen) atoms. The molecule has 0 amide bonds. The van der Waals surface area contributed by atoms with E-state index < -0.39 is 0 Å². The van der Waals surface area contributed by atoms with Gasteiger partial charge in [-0.1, -0.05) is 30.3 Å². The van der Waals surface area contributed by atoms with E-state index in [0.717, 1.165) is 13.2 Å². The summed E-state index contributed by atoms with van der Waals surface area (Å²) in [5.41, 5.74) is 1.47. The van der Waals surface area contributed by atoms with Gasteiger partial charge in [0, 0.05) is 19.6 Å². The minimum atomic E-state index is 0.631. The summed E-state index contributed by atoms with van der Waals surface area (Å²) >= 11 is 0. The van der Waals surface area contributed by atoms with Crippen LogP contribution in [0.4, 0.5) is 0 Å². The Kier molecular flexibility index (Phi) is 3.97. The van der Waals surface area contributed by atoms with E-state index in [1.807, 2.05) is 0 Å². The van der Waals surface area contributed by atoms with Crippen LogP contribution in [0, 0.1) is 5.92 Å². The van der Waals surface area contributed by atoms with Gasteiger partial charge < -0.3 is 9.64 Å². The maximum atomic E-state index is 5.35. The highest BCUT2D eigenvalue weighted by Crippen LogP contribution is 2.32. The lowest BCUT2D eigenvalue weighted by Gasteiger charge is -2.36. The number of rotatable bonds is 3. The van der Waals surface area contributed by atoms with Crippen LogP contribution in [0.1, 0.15) is 17.9 Å². The van der Waals surface area contributed by atoms with E-state index in [1.165, 1.54) is 18.5 Å². The Morgan fingerprint density at radius 1 is 1.31 bits per heavy atom. The topological polar surface area (TPSA) is 12.5 Å². The zero-order valence-electron chi connectivity index (χ0n) is 10.2. The van der Waals surface area contributed by atoms with Crippen molar-refractivity contribution in [1.82, 2.24) is 4.90 Å². The molecule has 1 saturated heterocycles. The van der Waals surface area contributed by atoms with Gasteiger partial charge >= 0.3 is 0 Å². The number of hydrogen-bond acceptors (Lipinski definition) is 2. The van der Waals surface area contributed by atoms with Crippen LogP contribution in [-0.4, -0.2) is 38.8 Å². The Labute approximate surface area is 98.2 Å². The highest BCUT2D eigenvalue weighted by molar-refractivity contribution is 5.21. The van der Waals surface area contributed by atoms with Gasteiger partial charge in [-0.25, -0.2) is 0 Å². The monoisotopic (exact) mass is 219 g/mol. The van der Waals surface area contributed by atoms with Gasteiger partial charge in [0.1, 0.15) is 0 Å². The minimum absolute atomic E-state index is 0.631. The van der Waals surface area contributed by atoms with Crippen LogP contribution in [0.25, 0.3) is 0 Å². The predicted molar refractivity (Wildman–Crippen MR) is 66.7 cm³/mol. The van der Waals surface area contributed by atoms with Crippen LogP contribution in [0.3, 0.4) is 0 Å². The summed E-state index contributed by atoms with van der Waals surface area (Å²) in [4.78, 5) is 2.41. The fourth-order valence-corrected chi connectivity index (χ4v) is 2.74. The molecule has 88 valence electrons. The molecule has 0 spiro atoms.